The van der Waals surface area contributed by atoms with Crippen LogP contribution in [0.25, 0.3) is 0 Å². The molecular formula is C12H21O5P. The van der Waals surface area contributed by atoms with Crippen LogP contribution in [0.3, 0.4) is 0 Å². The van der Waals surface area contributed by atoms with E-state index in [9.17, 15) is 14.2 Å². The van der Waals surface area contributed by atoms with E-state index in [-0.39, 0.29) is 29.6 Å². The van der Waals surface area contributed by atoms with Crippen molar-refractivity contribution in [2.75, 3.05) is 20.4 Å². The fraction of sp³-hybridized carbons (Fsp3) is 0.833. The van der Waals surface area contributed by atoms with Crippen LogP contribution in [0, 0.1) is 11.8 Å². The molecule has 0 N–H and O–H groups in total. The molecular weight excluding hydrogens is 255 g/mol. The Balaban J connectivity index is 2.50. The van der Waals surface area contributed by atoms with E-state index in [2.05, 4.69) is 0 Å². The molecule has 0 unspecified atom stereocenters. The monoisotopic (exact) mass is 276 g/mol. The van der Waals surface area contributed by atoms with Crippen LogP contribution in [0.2, 0.25) is 0 Å². The molecule has 0 bridgehead atoms. The fourth-order valence-corrected chi connectivity index (χ4v) is 3.39. The highest BCUT2D eigenvalue weighted by Gasteiger charge is 2.33. The van der Waals surface area contributed by atoms with Crippen molar-refractivity contribution >= 4 is 19.2 Å². The van der Waals surface area contributed by atoms with Crippen molar-refractivity contribution < 1.29 is 23.2 Å². The number of hydrogen-bond acceptors (Lipinski definition) is 5. The van der Waals surface area contributed by atoms with Gasteiger partial charge in [0, 0.05) is 26.1 Å². The first-order valence-electron chi connectivity index (χ1n) is 6.15. The largest absolute Gasteiger partial charge is 0.337 e. The molecule has 0 spiro atoms. The lowest BCUT2D eigenvalue weighted by atomic mass is 9.79. The fourth-order valence-electron chi connectivity index (χ4n) is 2.35. The predicted octanol–water partition coefficient (Wildman–Crippen LogP) is 2.44. The third-order valence-corrected chi connectivity index (χ3v) is 5.47. The number of carbonyl (C=O) groups is 2. The maximum Gasteiger partial charge on any atom is 0.337 e. The van der Waals surface area contributed by atoms with Gasteiger partial charge in [-0.2, -0.15) is 0 Å². The summed E-state index contributed by atoms with van der Waals surface area (Å²) in [5.74, 6) is 0.0920. The highest BCUT2D eigenvalue weighted by atomic mass is 31.2. The Morgan fingerprint density at radius 1 is 1.06 bits per heavy atom. The van der Waals surface area contributed by atoms with Crippen LogP contribution in [-0.2, 0) is 23.2 Å². The molecule has 1 fully saturated rings. The number of rotatable bonds is 6. The zero-order chi connectivity index (χ0) is 13.8. The van der Waals surface area contributed by atoms with Gasteiger partial charge in [0.15, 0.2) is 0 Å². The minimum absolute atomic E-state index is 0.0796. The van der Waals surface area contributed by atoms with Crippen molar-refractivity contribution in [1.82, 2.24) is 0 Å². The summed E-state index contributed by atoms with van der Waals surface area (Å²) in [6.07, 6.45) is 2.70. The smallest absolute Gasteiger partial charge is 0.312 e. The molecule has 0 aromatic carbocycles. The van der Waals surface area contributed by atoms with Gasteiger partial charge in [-0.15, -0.1) is 0 Å². The summed E-state index contributed by atoms with van der Waals surface area (Å²) < 4.78 is 21.4. The first-order valence-corrected chi connectivity index (χ1v) is 7.88. The average molecular weight is 276 g/mol. The summed E-state index contributed by atoms with van der Waals surface area (Å²) in [6, 6.07) is 0. The Morgan fingerprint density at radius 2 is 1.50 bits per heavy atom. The molecule has 1 aliphatic carbocycles. The molecule has 0 radical (unpaired) electrons. The second-order valence-electron chi connectivity index (χ2n) is 4.76. The van der Waals surface area contributed by atoms with Crippen LogP contribution in [0.4, 0.5) is 0 Å². The van der Waals surface area contributed by atoms with E-state index in [0.29, 0.717) is 12.8 Å². The molecule has 1 rings (SSSR count). The minimum atomic E-state index is -3.25. The van der Waals surface area contributed by atoms with Crippen LogP contribution in [0.15, 0.2) is 0 Å². The molecule has 1 aliphatic rings. The van der Waals surface area contributed by atoms with Gasteiger partial charge in [0.2, 0.25) is 0 Å². The second kappa shape index (κ2) is 6.60. The normalized spacial score (nSPS) is 24.8. The average Bonchev–Trinajstić information content (AvgIpc) is 2.38. The Hall–Kier alpha value is -0.510. The topological polar surface area (TPSA) is 69.7 Å². The van der Waals surface area contributed by atoms with Crippen molar-refractivity contribution in [3.05, 3.63) is 0 Å². The Labute approximate surface area is 108 Å². The van der Waals surface area contributed by atoms with E-state index >= 15 is 0 Å². The molecule has 0 aromatic heterocycles. The van der Waals surface area contributed by atoms with Crippen LogP contribution < -0.4 is 0 Å². The van der Waals surface area contributed by atoms with Gasteiger partial charge in [-0.25, -0.2) is 0 Å². The zero-order valence-electron chi connectivity index (χ0n) is 11.2. The minimum Gasteiger partial charge on any atom is -0.312 e. The van der Waals surface area contributed by atoms with Gasteiger partial charge in [0.05, 0.1) is 0 Å². The Bertz CT molecular complexity index is 349. The van der Waals surface area contributed by atoms with Crippen LogP contribution in [-0.4, -0.2) is 31.9 Å². The van der Waals surface area contributed by atoms with Crippen molar-refractivity contribution in [3.63, 3.8) is 0 Å². The molecule has 0 atom stereocenters. The molecule has 0 aromatic rings. The SMILES string of the molecule is COP(=O)(CC(=O)C1CCC(C(C)=O)CC1)OC. The van der Waals surface area contributed by atoms with Crippen molar-refractivity contribution in [2.45, 2.75) is 32.6 Å². The van der Waals surface area contributed by atoms with E-state index in [4.69, 9.17) is 9.05 Å². The van der Waals surface area contributed by atoms with Gasteiger partial charge >= 0.3 is 7.60 Å². The standard InChI is InChI=1S/C12H21O5P/c1-9(13)10-4-6-11(7-5-10)12(14)8-18(15,16-2)17-3/h10-11H,4-8H2,1-3H3. The van der Waals surface area contributed by atoms with Crippen LogP contribution in [0.5, 0.6) is 0 Å². The maximum atomic E-state index is 12.0. The van der Waals surface area contributed by atoms with E-state index in [0.717, 1.165) is 12.8 Å². The second-order valence-corrected chi connectivity index (χ2v) is 7.03. The lowest BCUT2D eigenvalue weighted by molar-refractivity contribution is -0.126. The number of Topliss-reactive ketones (excluding diaryl/α,β-unsaturated/α-hetero) is 2. The Morgan fingerprint density at radius 3 is 1.89 bits per heavy atom. The summed E-state index contributed by atoms with van der Waals surface area (Å²) in [5, 5.41) is 0. The van der Waals surface area contributed by atoms with Crippen molar-refractivity contribution in [1.29, 1.82) is 0 Å². The van der Waals surface area contributed by atoms with Crippen LogP contribution >= 0.6 is 7.60 Å². The van der Waals surface area contributed by atoms with Crippen molar-refractivity contribution in [3.8, 4) is 0 Å². The van der Waals surface area contributed by atoms with Gasteiger partial charge in [-0.1, -0.05) is 0 Å². The summed E-state index contributed by atoms with van der Waals surface area (Å²) in [5.41, 5.74) is 0. The van der Waals surface area contributed by atoms with E-state index < -0.39 is 7.60 Å². The molecule has 0 heterocycles. The molecule has 18 heavy (non-hydrogen) atoms. The third-order valence-electron chi connectivity index (χ3n) is 3.66. The van der Waals surface area contributed by atoms with Gasteiger partial charge in [0.1, 0.15) is 17.7 Å². The molecule has 104 valence electrons. The highest BCUT2D eigenvalue weighted by Crippen LogP contribution is 2.47. The number of hydrogen-bond donors (Lipinski definition) is 0. The summed E-state index contributed by atoms with van der Waals surface area (Å²) in [6.45, 7) is 1.59. The predicted molar refractivity (Wildman–Crippen MR) is 67.6 cm³/mol. The first-order chi connectivity index (χ1) is 8.41. The maximum absolute atomic E-state index is 12.0. The van der Waals surface area contributed by atoms with E-state index in [1.54, 1.807) is 6.92 Å². The molecule has 6 heteroatoms. The van der Waals surface area contributed by atoms with Gasteiger partial charge in [-0.05, 0) is 32.6 Å². The van der Waals surface area contributed by atoms with Gasteiger partial charge in [-0.3, -0.25) is 14.2 Å². The van der Waals surface area contributed by atoms with Gasteiger partial charge < -0.3 is 9.05 Å². The molecule has 0 aliphatic heterocycles. The highest BCUT2D eigenvalue weighted by molar-refractivity contribution is 7.54. The van der Waals surface area contributed by atoms with E-state index in [1.807, 2.05) is 0 Å². The number of ketones is 2. The summed E-state index contributed by atoms with van der Waals surface area (Å²) in [4.78, 5) is 23.2. The molecule has 0 saturated heterocycles. The van der Waals surface area contributed by atoms with Crippen LogP contribution in [0.1, 0.15) is 32.6 Å². The van der Waals surface area contributed by atoms with Gasteiger partial charge in [0.25, 0.3) is 0 Å². The van der Waals surface area contributed by atoms with Crippen molar-refractivity contribution in [2.24, 2.45) is 11.8 Å². The quantitative estimate of drug-likeness (QED) is 0.697. The Kier molecular flexibility index (Phi) is 5.70. The number of carbonyl (C=O) groups excluding carboxylic acids is 2. The first kappa shape index (κ1) is 15.5. The lowest BCUT2D eigenvalue weighted by Crippen LogP contribution is -2.26. The molecule has 0 amide bonds. The zero-order valence-corrected chi connectivity index (χ0v) is 12.1. The van der Waals surface area contributed by atoms with E-state index in [1.165, 1.54) is 14.2 Å². The molecule has 1 saturated carbocycles. The summed E-state index contributed by atoms with van der Waals surface area (Å²) in [7, 11) is -0.691. The summed E-state index contributed by atoms with van der Waals surface area (Å²) >= 11 is 0. The third kappa shape index (κ3) is 4.01. The molecule has 5 nitrogen and oxygen atoms in total. The lowest BCUT2D eigenvalue weighted by Gasteiger charge is -2.26.